The number of aryl methyl sites for hydroxylation is 1. The molecule has 1 N–H and O–H groups in total. The number of aromatic amines is 1. The summed E-state index contributed by atoms with van der Waals surface area (Å²) in [6, 6.07) is 16.8. The highest BCUT2D eigenvalue weighted by atomic mass is 35.5. The zero-order valence-corrected chi connectivity index (χ0v) is 18.6. The average molecular weight is 476 g/mol. The summed E-state index contributed by atoms with van der Waals surface area (Å²) in [5.74, 6) is 0.478. The summed E-state index contributed by atoms with van der Waals surface area (Å²) in [6.07, 6.45) is 0. The van der Waals surface area contributed by atoms with Crippen LogP contribution in [0.5, 0.6) is 5.75 Å². The lowest BCUT2D eigenvalue weighted by Crippen LogP contribution is -2.10. The van der Waals surface area contributed by atoms with Gasteiger partial charge in [0.05, 0.1) is 17.6 Å². The predicted octanol–water partition coefficient (Wildman–Crippen LogP) is 7.44. The molecule has 0 saturated carbocycles. The van der Waals surface area contributed by atoms with E-state index in [-0.39, 0.29) is 22.1 Å². The van der Waals surface area contributed by atoms with Gasteiger partial charge in [0, 0.05) is 27.6 Å². The van der Waals surface area contributed by atoms with E-state index in [1.165, 1.54) is 19.2 Å². The minimum absolute atomic E-state index is 0.131. The third kappa shape index (κ3) is 4.49. The summed E-state index contributed by atoms with van der Waals surface area (Å²) in [4.78, 5) is 16.6. The van der Waals surface area contributed by atoms with Gasteiger partial charge in [-0.1, -0.05) is 48.0 Å². The first kappa shape index (κ1) is 22.3. The minimum atomic E-state index is -4.32. The number of hydrogen-bond donors (Lipinski definition) is 1. The zero-order chi connectivity index (χ0) is 23.0. The number of halogens is 4. The van der Waals surface area contributed by atoms with Crippen LogP contribution in [0.1, 0.15) is 5.69 Å². The summed E-state index contributed by atoms with van der Waals surface area (Å²) >= 11 is 6.06. The first-order chi connectivity index (χ1) is 15.2. The molecule has 0 saturated heterocycles. The SMILES string of the molecule is COc1cc2[nH]c(C)c(-c3ccc(-c4ccc(SC(F)(F)F)cc4)cc3)c(=O)c2cc1Cl. The number of pyridine rings is 1. The van der Waals surface area contributed by atoms with Gasteiger partial charge in [-0.2, -0.15) is 13.2 Å². The van der Waals surface area contributed by atoms with Crippen molar-refractivity contribution in [2.75, 3.05) is 7.11 Å². The number of H-pyrrole nitrogens is 1. The standard InChI is InChI=1S/C24H17ClF3NO2S/c1-13-22(23(30)18-11-19(25)21(31-2)12-20(18)29-13)16-5-3-14(4-6-16)15-7-9-17(10-8-15)32-24(26,27)28/h3-12H,1-2H3,(H,29,30). The van der Waals surface area contributed by atoms with Crippen molar-refractivity contribution >= 4 is 34.3 Å². The lowest BCUT2D eigenvalue weighted by atomic mass is 9.98. The van der Waals surface area contributed by atoms with Gasteiger partial charge in [0.15, 0.2) is 5.43 Å². The molecule has 0 fully saturated rings. The first-order valence-corrected chi connectivity index (χ1v) is 10.7. The van der Waals surface area contributed by atoms with E-state index < -0.39 is 5.51 Å². The van der Waals surface area contributed by atoms with E-state index in [0.717, 1.165) is 16.7 Å². The molecule has 1 heterocycles. The Balaban J connectivity index is 1.69. The second-order valence-corrected chi connectivity index (χ2v) is 8.68. The van der Waals surface area contributed by atoms with Crippen LogP contribution < -0.4 is 10.2 Å². The molecule has 4 aromatic rings. The second-order valence-electron chi connectivity index (χ2n) is 7.14. The number of benzene rings is 3. The molecule has 3 nitrogen and oxygen atoms in total. The van der Waals surface area contributed by atoms with Crippen LogP contribution in [0.4, 0.5) is 13.2 Å². The van der Waals surface area contributed by atoms with Gasteiger partial charge in [-0.25, -0.2) is 0 Å². The lowest BCUT2D eigenvalue weighted by Gasteiger charge is -2.11. The fourth-order valence-electron chi connectivity index (χ4n) is 3.60. The van der Waals surface area contributed by atoms with E-state index >= 15 is 0 Å². The molecule has 4 rings (SSSR count). The highest BCUT2D eigenvalue weighted by Gasteiger charge is 2.29. The second kappa shape index (κ2) is 8.56. The van der Waals surface area contributed by atoms with E-state index in [2.05, 4.69) is 4.98 Å². The number of rotatable bonds is 4. The van der Waals surface area contributed by atoms with Gasteiger partial charge in [-0.15, -0.1) is 0 Å². The summed E-state index contributed by atoms with van der Waals surface area (Å²) in [7, 11) is 1.51. The third-order valence-corrected chi connectivity index (χ3v) is 6.09. The molecule has 8 heteroatoms. The van der Waals surface area contributed by atoms with Gasteiger partial charge in [-0.05, 0) is 53.6 Å². The third-order valence-electron chi connectivity index (χ3n) is 5.06. The van der Waals surface area contributed by atoms with Gasteiger partial charge in [0.1, 0.15) is 5.75 Å². The van der Waals surface area contributed by atoms with Gasteiger partial charge in [0.25, 0.3) is 0 Å². The molecule has 1 aromatic heterocycles. The fraction of sp³-hybridized carbons (Fsp3) is 0.125. The number of alkyl halides is 3. The van der Waals surface area contributed by atoms with Crippen LogP contribution in [0.3, 0.4) is 0 Å². The number of ether oxygens (including phenoxy) is 1. The maximum atomic E-state index is 13.2. The quantitative estimate of drug-likeness (QED) is 0.312. The van der Waals surface area contributed by atoms with Crippen molar-refractivity contribution in [2.24, 2.45) is 0 Å². The Morgan fingerprint density at radius 2 is 1.50 bits per heavy atom. The number of methoxy groups -OCH3 is 1. The Kier molecular flexibility index (Phi) is 5.97. The van der Waals surface area contributed by atoms with Crippen molar-refractivity contribution in [1.29, 1.82) is 0 Å². The van der Waals surface area contributed by atoms with E-state index in [1.807, 2.05) is 31.2 Å². The molecule has 0 amide bonds. The van der Waals surface area contributed by atoms with Crippen LogP contribution in [0.2, 0.25) is 5.02 Å². The number of hydrogen-bond acceptors (Lipinski definition) is 3. The highest BCUT2D eigenvalue weighted by molar-refractivity contribution is 8.00. The lowest BCUT2D eigenvalue weighted by molar-refractivity contribution is -0.0328. The molecule has 0 aliphatic rings. The van der Waals surface area contributed by atoms with Crippen LogP contribution in [-0.2, 0) is 0 Å². The largest absolute Gasteiger partial charge is 0.495 e. The maximum Gasteiger partial charge on any atom is 0.446 e. The van der Waals surface area contributed by atoms with E-state index in [0.29, 0.717) is 32.9 Å². The number of nitrogens with one attached hydrogen (secondary N) is 1. The van der Waals surface area contributed by atoms with Gasteiger partial charge >= 0.3 is 5.51 Å². The van der Waals surface area contributed by atoms with Crippen LogP contribution >= 0.6 is 23.4 Å². The van der Waals surface area contributed by atoms with Crippen LogP contribution in [0, 0.1) is 6.92 Å². The fourth-order valence-corrected chi connectivity index (χ4v) is 4.38. The molecule has 164 valence electrons. The van der Waals surface area contributed by atoms with E-state index in [9.17, 15) is 18.0 Å². The molecule has 0 unspecified atom stereocenters. The van der Waals surface area contributed by atoms with Crippen molar-refractivity contribution in [2.45, 2.75) is 17.3 Å². The molecule has 0 spiro atoms. The molecule has 32 heavy (non-hydrogen) atoms. The van der Waals surface area contributed by atoms with E-state index in [4.69, 9.17) is 16.3 Å². The molecule has 0 aliphatic carbocycles. The maximum absolute atomic E-state index is 13.2. The van der Waals surface area contributed by atoms with Crippen molar-refractivity contribution in [3.05, 3.63) is 81.6 Å². The molecule has 3 aromatic carbocycles. The molecular weight excluding hydrogens is 459 g/mol. The van der Waals surface area contributed by atoms with Crippen LogP contribution in [0.25, 0.3) is 33.2 Å². The Morgan fingerprint density at radius 3 is 2.06 bits per heavy atom. The molecule has 0 radical (unpaired) electrons. The number of thioether (sulfide) groups is 1. The Bertz CT molecular complexity index is 1350. The Labute approximate surface area is 191 Å². The molecule has 0 bridgehead atoms. The van der Waals surface area contributed by atoms with Gasteiger partial charge in [-0.3, -0.25) is 4.79 Å². The Hall–Kier alpha value is -2.90. The number of aromatic nitrogens is 1. The summed E-state index contributed by atoms with van der Waals surface area (Å²) in [5.41, 5.74) is -0.261. The minimum Gasteiger partial charge on any atom is -0.495 e. The van der Waals surface area contributed by atoms with Gasteiger partial charge in [0.2, 0.25) is 0 Å². The summed E-state index contributed by atoms with van der Waals surface area (Å²) < 4.78 is 42.8. The van der Waals surface area contributed by atoms with Crippen molar-refractivity contribution in [3.8, 4) is 28.0 Å². The molecular formula is C24H17ClF3NO2S. The predicted molar refractivity (Wildman–Crippen MR) is 124 cm³/mol. The molecule has 0 aliphatic heterocycles. The monoisotopic (exact) mass is 475 g/mol. The van der Waals surface area contributed by atoms with Gasteiger partial charge < -0.3 is 9.72 Å². The van der Waals surface area contributed by atoms with Crippen LogP contribution in [0.15, 0.2) is 70.4 Å². The van der Waals surface area contributed by atoms with Crippen molar-refractivity contribution in [3.63, 3.8) is 0 Å². The average Bonchev–Trinajstić information content (AvgIpc) is 2.74. The first-order valence-electron chi connectivity index (χ1n) is 9.53. The summed E-state index contributed by atoms with van der Waals surface area (Å²) in [5, 5.41) is 0.806. The Morgan fingerprint density at radius 1 is 0.938 bits per heavy atom. The van der Waals surface area contributed by atoms with Crippen molar-refractivity contribution < 1.29 is 17.9 Å². The topological polar surface area (TPSA) is 42.1 Å². The van der Waals surface area contributed by atoms with Crippen LogP contribution in [-0.4, -0.2) is 17.6 Å². The van der Waals surface area contributed by atoms with E-state index in [1.54, 1.807) is 24.3 Å². The number of fused-ring (bicyclic) bond motifs is 1. The summed E-state index contributed by atoms with van der Waals surface area (Å²) in [6.45, 7) is 1.82. The normalized spacial score (nSPS) is 11.7. The molecule has 0 atom stereocenters. The zero-order valence-electron chi connectivity index (χ0n) is 17.0. The van der Waals surface area contributed by atoms with Crippen molar-refractivity contribution in [1.82, 2.24) is 4.98 Å². The highest BCUT2D eigenvalue weighted by Crippen LogP contribution is 2.37. The smallest absolute Gasteiger partial charge is 0.446 e.